The maximum Gasteiger partial charge on any atom is 0.126 e. The maximum atomic E-state index is 13.8. The van der Waals surface area contributed by atoms with Crippen molar-refractivity contribution in [3.63, 3.8) is 0 Å². The van der Waals surface area contributed by atoms with Gasteiger partial charge in [-0.25, -0.2) is 4.39 Å². The number of ether oxygens (including phenoxy) is 1. The van der Waals surface area contributed by atoms with Gasteiger partial charge in [-0.2, -0.15) is 0 Å². The molecule has 2 atom stereocenters. The van der Waals surface area contributed by atoms with Crippen LogP contribution in [-0.2, 0) is 11.2 Å². The van der Waals surface area contributed by atoms with Crippen molar-refractivity contribution in [1.82, 2.24) is 0 Å². The zero-order chi connectivity index (χ0) is 14.2. The Kier molecular flexibility index (Phi) is 3.59. The van der Waals surface area contributed by atoms with Gasteiger partial charge in [0.25, 0.3) is 0 Å². The van der Waals surface area contributed by atoms with E-state index in [1.165, 1.54) is 25.3 Å². The van der Waals surface area contributed by atoms with Gasteiger partial charge in [0.15, 0.2) is 0 Å². The van der Waals surface area contributed by atoms with Gasteiger partial charge in [-0.05, 0) is 63.0 Å². The van der Waals surface area contributed by atoms with E-state index < -0.39 is 0 Å². The predicted octanol–water partition coefficient (Wildman–Crippen LogP) is 3.43. The van der Waals surface area contributed by atoms with Crippen LogP contribution in [0.1, 0.15) is 44.6 Å². The van der Waals surface area contributed by atoms with Gasteiger partial charge in [0.2, 0.25) is 0 Å². The molecule has 2 aliphatic rings. The van der Waals surface area contributed by atoms with Crippen LogP contribution in [0.4, 0.5) is 4.39 Å². The first-order valence-electron chi connectivity index (χ1n) is 7.67. The fourth-order valence-electron chi connectivity index (χ4n) is 3.71. The second kappa shape index (κ2) is 5.12. The van der Waals surface area contributed by atoms with Gasteiger partial charge in [0.1, 0.15) is 5.82 Å². The minimum Gasteiger partial charge on any atom is -0.375 e. The third-order valence-corrected chi connectivity index (χ3v) is 5.22. The molecule has 1 aliphatic carbocycles. The lowest BCUT2D eigenvalue weighted by molar-refractivity contribution is -0.151. The highest BCUT2D eigenvalue weighted by Crippen LogP contribution is 2.46. The van der Waals surface area contributed by atoms with Crippen molar-refractivity contribution >= 4 is 0 Å². The summed E-state index contributed by atoms with van der Waals surface area (Å²) in [6.07, 6.45) is 6.22. The van der Waals surface area contributed by atoms with Crippen LogP contribution >= 0.6 is 0 Å². The van der Waals surface area contributed by atoms with Gasteiger partial charge in [0, 0.05) is 12.1 Å². The van der Waals surface area contributed by atoms with Crippen LogP contribution in [0.5, 0.6) is 0 Å². The summed E-state index contributed by atoms with van der Waals surface area (Å²) in [6, 6.07) is 6.97. The smallest absolute Gasteiger partial charge is 0.126 e. The Morgan fingerprint density at radius 2 is 2.15 bits per heavy atom. The molecule has 1 aliphatic heterocycles. The highest BCUT2D eigenvalue weighted by Gasteiger charge is 2.46. The molecule has 1 aromatic carbocycles. The van der Waals surface area contributed by atoms with Crippen LogP contribution in [0.15, 0.2) is 24.3 Å². The molecule has 1 spiro atoms. The second-order valence-corrected chi connectivity index (χ2v) is 6.85. The topological polar surface area (TPSA) is 35.2 Å². The van der Waals surface area contributed by atoms with Crippen molar-refractivity contribution in [1.29, 1.82) is 0 Å². The minimum atomic E-state index is -0.367. The van der Waals surface area contributed by atoms with Gasteiger partial charge in [-0.3, -0.25) is 0 Å². The first-order valence-corrected chi connectivity index (χ1v) is 7.67. The van der Waals surface area contributed by atoms with E-state index in [2.05, 4.69) is 6.92 Å². The van der Waals surface area contributed by atoms with Crippen molar-refractivity contribution in [3.8, 4) is 0 Å². The Balaban J connectivity index is 1.72. The highest BCUT2D eigenvalue weighted by molar-refractivity contribution is 5.20. The van der Waals surface area contributed by atoms with Crippen molar-refractivity contribution in [2.45, 2.75) is 56.6 Å². The molecule has 1 heterocycles. The number of benzene rings is 1. The number of hydrogen-bond donors (Lipinski definition) is 1. The van der Waals surface area contributed by atoms with Crippen LogP contribution in [0, 0.1) is 11.7 Å². The van der Waals surface area contributed by atoms with E-state index in [0.29, 0.717) is 12.3 Å². The fourth-order valence-corrected chi connectivity index (χ4v) is 3.71. The van der Waals surface area contributed by atoms with Gasteiger partial charge < -0.3 is 10.5 Å². The summed E-state index contributed by atoms with van der Waals surface area (Å²) >= 11 is 0. The zero-order valence-electron chi connectivity index (χ0n) is 12.2. The Hall–Kier alpha value is -0.930. The average molecular weight is 277 g/mol. The monoisotopic (exact) mass is 277 g/mol. The molecule has 0 radical (unpaired) electrons. The molecule has 1 saturated heterocycles. The van der Waals surface area contributed by atoms with Crippen LogP contribution < -0.4 is 5.73 Å². The van der Waals surface area contributed by atoms with Gasteiger partial charge >= 0.3 is 0 Å². The lowest BCUT2D eigenvalue weighted by Gasteiger charge is -2.50. The largest absolute Gasteiger partial charge is 0.375 e. The molecule has 0 amide bonds. The van der Waals surface area contributed by atoms with E-state index in [4.69, 9.17) is 10.5 Å². The molecule has 3 rings (SSSR count). The Morgan fingerprint density at radius 1 is 1.40 bits per heavy atom. The lowest BCUT2D eigenvalue weighted by atomic mass is 9.66. The van der Waals surface area contributed by atoms with Crippen LogP contribution in [0.3, 0.4) is 0 Å². The summed E-state index contributed by atoms with van der Waals surface area (Å²) in [5.41, 5.74) is 7.03. The van der Waals surface area contributed by atoms with Crippen molar-refractivity contribution < 1.29 is 9.13 Å². The summed E-state index contributed by atoms with van der Waals surface area (Å²) in [6.45, 7) is 2.87. The predicted molar refractivity (Wildman–Crippen MR) is 78.0 cm³/mol. The lowest BCUT2D eigenvalue weighted by Crippen LogP contribution is -2.55. The number of halogens is 1. The van der Waals surface area contributed by atoms with E-state index in [1.807, 2.05) is 12.1 Å². The van der Waals surface area contributed by atoms with Crippen LogP contribution in [0.2, 0.25) is 0 Å². The van der Waals surface area contributed by atoms with E-state index >= 15 is 0 Å². The molecule has 1 aromatic rings. The standard InChI is InChI=1S/C17H24FNO/c1-16(19,11-13-5-2-3-6-15(13)18)14-7-10-20-17(12-14)8-4-9-17/h2-3,5-6,14H,4,7-12,19H2,1H3. The molecule has 2 fully saturated rings. The molecule has 20 heavy (non-hydrogen) atoms. The van der Waals surface area contributed by atoms with E-state index in [1.54, 1.807) is 6.07 Å². The van der Waals surface area contributed by atoms with Gasteiger partial charge in [-0.15, -0.1) is 0 Å². The molecule has 2 unspecified atom stereocenters. The zero-order valence-corrected chi connectivity index (χ0v) is 12.2. The molecule has 1 saturated carbocycles. The number of hydrogen-bond acceptors (Lipinski definition) is 2. The van der Waals surface area contributed by atoms with Gasteiger partial charge in [-0.1, -0.05) is 18.2 Å². The third-order valence-electron chi connectivity index (χ3n) is 5.22. The van der Waals surface area contributed by atoms with E-state index in [-0.39, 0.29) is 17.0 Å². The Labute approximate surface area is 120 Å². The van der Waals surface area contributed by atoms with E-state index in [9.17, 15) is 4.39 Å². The molecule has 2 N–H and O–H groups in total. The number of rotatable bonds is 3. The van der Waals surface area contributed by atoms with Crippen LogP contribution in [0.25, 0.3) is 0 Å². The summed E-state index contributed by atoms with van der Waals surface area (Å²) in [7, 11) is 0. The fraction of sp³-hybridized carbons (Fsp3) is 0.647. The quantitative estimate of drug-likeness (QED) is 0.918. The summed E-state index contributed by atoms with van der Waals surface area (Å²) < 4.78 is 19.8. The van der Waals surface area contributed by atoms with E-state index in [0.717, 1.165) is 25.0 Å². The summed E-state index contributed by atoms with van der Waals surface area (Å²) in [5.74, 6) is 0.269. The molecule has 110 valence electrons. The third kappa shape index (κ3) is 2.61. The Bertz CT molecular complexity index is 482. The summed E-state index contributed by atoms with van der Waals surface area (Å²) in [4.78, 5) is 0. The SMILES string of the molecule is CC(N)(Cc1ccccc1F)C1CCOC2(CCC2)C1. The summed E-state index contributed by atoms with van der Waals surface area (Å²) in [5, 5.41) is 0. The molecule has 0 bridgehead atoms. The molecular formula is C17H24FNO. The molecule has 2 nitrogen and oxygen atoms in total. The maximum absolute atomic E-state index is 13.8. The molecular weight excluding hydrogens is 253 g/mol. The first kappa shape index (κ1) is 14.0. The average Bonchev–Trinajstić information content (AvgIpc) is 2.40. The van der Waals surface area contributed by atoms with Gasteiger partial charge in [0.05, 0.1) is 5.60 Å². The van der Waals surface area contributed by atoms with Crippen molar-refractivity contribution in [2.75, 3.05) is 6.61 Å². The van der Waals surface area contributed by atoms with Crippen molar-refractivity contribution in [2.24, 2.45) is 11.7 Å². The van der Waals surface area contributed by atoms with Crippen molar-refractivity contribution in [3.05, 3.63) is 35.6 Å². The molecule has 3 heteroatoms. The Morgan fingerprint density at radius 3 is 2.80 bits per heavy atom. The second-order valence-electron chi connectivity index (χ2n) is 6.85. The minimum absolute atomic E-state index is 0.0960. The normalized spacial score (nSPS) is 27.9. The first-order chi connectivity index (χ1) is 9.51. The molecule has 0 aromatic heterocycles. The number of nitrogens with two attached hydrogens (primary N) is 1. The van der Waals surface area contributed by atoms with Crippen LogP contribution in [-0.4, -0.2) is 17.7 Å². The highest BCUT2D eigenvalue weighted by atomic mass is 19.1.